The molecule has 3 rings (SSSR count). The number of anilines is 1. The van der Waals surface area contributed by atoms with Crippen LogP contribution in [0.3, 0.4) is 0 Å². The Bertz CT molecular complexity index is 943. The van der Waals surface area contributed by atoms with Gasteiger partial charge < -0.3 is 15.0 Å². The molecular formula is C17H15ClN4O3S. The van der Waals surface area contributed by atoms with Crippen molar-refractivity contribution in [2.45, 2.75) is 5.16 Å². The Balaban J connectivity index is 1.50. The van der Waals surface area contributed by atoms with Crippen LogP contribution in [0, 0.1) is 0 Å². The summed E-state index contributed by atoms with van der Waals surface area (Å²) in [5, 5.41) is 6.02. The third-order valence-corrected chi connectivity index (χ3v) is 4.47. The van der Waals surface area contributed by atoms with E-state index >= 15 is 0 Å². The number of hydrogen-bond donors (Lipinski definition) is 3. The molecular weight excluding hydrogens is 376 g/mol. The normalized spacial score (nSPS) is 10.5. The van der Waals surface area contributed by atoms with Crippen LogP contribution in [0.25, 0.3) is 11.0 Å². The largest absolute Gasteiger partial charge is 0.497 e. The molecule has 0 aliphatic rings. The molecule has 3 N–H and O–H groups in total. The molecule has 1 aromatic heterocycles. The zero-order valence-corrected chi connectivity index (χ0v) is 15.3. The fourth-order valence-electron chi connectivity index (χ4n) is 2.16. The summed E-state index contributed by atoms with van der Waals surface area (Å²) in [6.45, 7) is 0. The number of urea groups is 1. The maximum absolute atomic E-state index is 11.9. The van der Waals surface area contributed by atoms with Crippen LogP contribution in [0.5, 0.6) is 5.75 Å². The zero-order chi connectivity index (χ0) is 18.5. The van der Waals surface area contributed by atoms with Crippen LogP contribution < -0.4 is 15.4 Å². The number of ether oxygens (including phenoxy) is 1. The molecule has 9 heteroatoms. The molecule has 7 nitrogen and oxygen atoms in total. The summed E-state index contributed by atoms with van der Waals surface area (Å²) in [5.74, 6) is 0.291. The number of carbonyl (C=O) groups excluding carboxylic acids is 2. The van der Waals surface area contributed by atoms with E-state index < -0.39 is 11.9 Å². The van der Waals surface area contributed by atoms with E-state index in [0.717, 1.165) is 11.0 Å². The highest BCUT2D eigenvalue weighted by Crippen LogP contribution is 2.22. The van der Waals surface area contributed by atoms with Crippen LogP contribution in [-0.2, 0) is 4.79 Å². The molecule has 3 amide bonds. The monoisotopic (exact) mass is 390 g/mol. The van der Waals surface area contributed by atoms with Gasteiger partial charge in [-0.1, -0.05) is 23.4 Å². The first-order valence-electron chi connectivity index (χ1n) is 7.56. The third-order valence-electron chi connectivity index (χ3n) is 3.36. The van der Waals surface area contributed by atoms with Crippen molar-refractivity contribution in [2.24, 2.45) is 0 Å². The van der Waals surface area contributed by atoms with Crippen molar-refractivity contribution in [1.82, 2.24) is 15.3 Å². The highest BCUT2D eigenvalue weighted by Gasteiger charge is 2.11. The van der Waals surface area contributed by atoms with E-state index in [-0.39, 0.29) is 5.75 Å². The predicted octanol–water partition coefficient (Wildman–Crippen LogP) is 3.67. The Morgan fingerprint density at radius 3 is 2.73 bits per heavy atom. The van der Waals surface area contributed by atoms with E-state index in [1.807, 2.05) is 0 Å². The van der Waals surface area contributed by atoms with Crippen LogP contribution >= 0.6 is 23.4 Å². The number of rotatable bonds is 5. The number of fused-ring (bicyclic) bond motifs is 1. The second-order valence-corrected chi connectivity index (χ2v) is 6.62. The number of thioether (sulfide) groups is 1. The van der Waals surface area contributed by atoms with Gasteiger partial charge in [0.1, 0.15) is 5.75 Å². The van der Waals surface area contributed by atoms with E-state index in [4.69, 9.17) is 16.3 Å². The summed E-state index contributed by atoms with van der Waals surface area (Å²) in [5.41, 5.74) is 2.10. The van der Waals surface area contributed by atoms with E-state index in [2.05, 4.69) is 20.6 Å². The molecule has 0 saturated carbocycles. The lowest BCUT2D eigenvalue weighted by Crippen LogP contribution is -2.35. The van der Waals surface area contributed by atoms with Gasteiger partial charge in [-0.15, -0.1) is 0 Å². The highest BCUT2D eigenvalue weighted by atomic mass is 35.5. The summed E-state index contributed by atoms with van der Waals surface area (Å²) < 4.78 is 5.04. The minimum Gasteiger partial charge on any atom is -0.497 e. The summed E-state index contributed by atoms with van der Waals surface area (Å²) in [6.07, 6.45) is 0. The molecule has 0 spiro atoms. The number of methoxy groups -OCH3 is 1. The van der Waals surface area contributed by atoms with Crippen molar-refractivity contribution in [3.8, 4) is 5.75 Å². The topological polar surface area (TPSA) is 96.1 Å². The average Bonchev–Trinajstić information content (AvgIpc) is 3.02. The van der Waals surface area contributed by atoms with Crippen LogP contribution in [0.4, 0.5) is 10.5 Å². The SMILES string of the molecule is COc1ccc(NC(=O)NC(=O)CSc2nc3ccc(Cl)cc3[nH]2)cc1. The molecule has 1 heterocycles. The van der Waals surface area contributed by atoms with Crippen LogP contribution in [0.15, 0.2) is 47.6 Å². The second kappa shape index (κ2) is 8.11. The number of carbonyl (C=O) groups is 2. The van der Waals surface area contributed by atoms with Gasteiger partial charge in [0.15, 0.2) is 5.16 Å². The number of benzene rings is 2. The van der Waals surface area contributed by atoms with Gasteiger partial charge in [-0.3, -0.25) is 10.1 Å². The average molecular weight is 391 g/mol. The molecule has 0 saturated heterocycles. The molecule has 134 valence electrons. The number of imidazole rings is 1. The van der Waals surface area contributed by atoms with E-state index in [0.29, 0.717) is 21.6 Å². The van der Waals surface area contributed by atoms with E-state index in [1.54, 1.807) is 49.6 Å². The molecule has 0 unspecified atom stereocenters. The van der Waals surface area contributed by atoms with Gasteiger partial charge in [0.2, 0.25) is 5.91 Å². The van der Waals surface area contributed by atoms with Crippen LogP contribution in [-0.4, -0.2) is 34.8 Å². The van der Waals surface area contributed by atoms with E-state index in [1.165, 1.54) is 11.8 Å². The molecule has 0 bridgehead atoms. The number of amides is 3. The van der Waals surface area contributed by atoms with Gasteiger partial charge in [0, 0.05) is 10.7 Å². The van der Waals surface area contributed by atoms with Crippen molar-refractivity contribution in [3.63, 3.8) is 0 Å². The number of aromatic nitrogens is 2. The summed E-state index contributed by atoms with van der Waals surface area (Å²) in [6, 6.07) is 11.5. The Morgan fingerprint density at radius 1 is 1.23 bits per heavy atom. The molecule has 3 aromatic rings. The standard InChI is InChI=1S/C17H15ClN4O3S/c1-25-12-5-3-11(4-6-12)19-16(24)22-15(23)9-26-17-20-13-7-2-10(18)8-14(13)21-17/h2-8H,9H2,1H3,(H,20,21)(H2,19,22,23,24). The second-order valence-electron chi connectivity index (χ2n) is 5.22. The maximum Gasteiger partial charge on any atom is 0.325 e. The van der Waals surface area contributed by atoms with Gasteiger partial charge in [-0.25, -0.2) is 9.78 Å². The first-order chi connectivity index (χ1) is 12.5. The molecule has 0 aliphatic carbocycles. The first-order valence-corrected chi connectivity index (χ1v) is 8.93. The predicted molar refractivity (Wildman–Crippen MR) is 102 cm³/mol. The highest BCUT2D eigenvalue weighted by molar-refractivity contribution is 7.99. The van der Waals surface area contributed by atoms with Crippen molar-refractivity contribution in [1.29, 1.82) is 0 Å². The number of nitrogens with zero attached hydrogens (tertiary/aromatic N) is 1. The summed E-state index contributed by atoms with van der Waals surface area (Å²) in [4.78, 5) is 31.2. The summed E-state index contributed by atoms with van der Waals surface area (Å²) in [7, 11) is 1.56. The molecule has 2 aromatic carbocycles. The molecule has 0 radical (unpaired) electrons. The Kier molecular flexibility index (Phi) is 5.65. The quantitative estimate of drug-likeness (QED) is 0.578. The number of halogens is 1. The number of nitrogens with one attached hydrogen (secondary N) is 3. The Labute approximate surface area is 158 Å². The molecule has 0 atom stereocenters. The van der Waals surface area contributed by atoms with Crippen molar-refractivity contribution < 1.29 is 14.3 Å². The lowest BCUT2D eigenvalue weighted by atomic mass is 10.3. The Morgan fingerprint density at radius 2 is 2.00 bits per heavy atom. The molecule has 26 heavy (non-hydrogen) atoms. The first kappa shape index (κ1) is 18.1. The number of hydrogen-bond acceptors (Lipinski definition) is 5. The minimum atomic E-state index is -0.600. The van der Waals surface area contributed by atoms with Crippen LogP contribution in [0.1, 0.15) is 0 Å². The number of aromatic amines is 1. The van der Waals surface area contributed by atoms with Crippen LogP contribution in [0.2, 0.25) is 5.02 Å². The molecule has 0 fully saturated rings. The fourth-order valence-corrected chi connectivity index (χ4v) is 3.02. The lowest BCUT2D eigenvalue weighted by Gasteiger charge is -2.07. The van der Waals surface area contributed by atoms with Gasteiger partial charge in [0.25, 0.3) is 0 Å². The number of H-pyrrole nitrogens is 1. The summed E-state index contributed by atoms with van der Waals surface area (Å²) >= 11 is 7.12. The van der Waals surface area contributed by atoms with Gasteiger partial charge in [-0.05, 0) is 42.5 Å². The van der Waals surface area contributed by atoms with Gasteiger partial charge >= 0.3 is 6.03 Å². The molecule has 0 aliphatic heterocycles. The van der Waals surface area contributed by atoms with Crippen molar-refractivity contribution in [3.05, 3.63) is 47.5 Å². The van der Waals surface area contributed by atoms with E-state index in [9.17, 15) is 9.59 Å². The Hall–Kier alpha value is -2.71. The van der Waals surface area contributed by atoms with Gasteiger partial charge in [-0.2, -0.15) is 0 Å². The zero-order valence-electron chi connectivity index (χ0n) is 13.7. The maximum atomic E-state index is 11.9. The lowest BCUT2D eigenvalue weighted by molar-refractivity contribution is -0.117. The van der Waals surface area contributed by atoms with Gasteiger partial charge in [0.05, 0.1) is 23.9 Å². The minimum absolute atomic E-state index is 0.0452. The van der Waals surface area contributed by atoms with Crippen molar-refractivity contribution >= 4 is 52.0 Å². The third kappa shape index (κ3) is 4.68. The smallest absolute Gasteiger partial charge is 0.325 e. The number of imide groups is 1. The van der Waals surface area contributed by atoms with Crippen molar-refractivity contribution in [2.75, 3.05) is 18.2 Å². The fraction of sp³-hybridized carbons (Fsp3) is 0.118.